The van der Waals surface area contributed by atoms with Gasteiger partial charge in [0.05, 0.1) is 6.61 Å². The maximum absolute atomic E-state index is 13.1. The van der Waals surface area contributed by atoms with Crippen molar-refractivity contribution >= 4 is 0 Å². The van der Waals surface area contributed by atoms with Crippen LogP contribution in [0.25, 0.3) is 11.3 Å². The van der Waals surface area contributed by atoms with E-state index in [4.69, 9.17) is 9.15 Å². The van der Waals surface area contributed by atoms with Gasteiger partial charge in [-0.1, -0.05) is 0 Å². The summed E-state index contributed by atoms with van der Waals surface area (Å²) in [6, 6.07) is 6.28. The molecule has 1 aliphatic heterocycles. The molecule has 1 aromatic heterocycles. The Labute approximate surface area is 123 Å². The minimum atomic E-state index is -0.259. The molecule has 2 heterocycles. The van der Waals surface area contributed by atoms with Gasteiger partial charge in [0.15, 0.2) is 11.7 Å². The molecular weight excluding hydrogens is 271 g/mol. The number of benzene rings is 1. The standard InChI is InChI=1S/C16H19FN2O2/c1-20-10-14-15(11-2-4-13(17)5-3-11)21-16(19-14)12-6-8-18-9-7-12/h2-5,12,18H,6-10H2,1H3. The number of nitrogens with one attached hydrogen (secondary N) is 1. The molecular formula is C16H19FN2O2. The maximum Gasteiger partial charge on any atom is 0.198 e. The van der Waals surface area contributed by atoms with Crippen molar-refractivity contribution in [3.8, 4) is 11.3 Å². The largest absolute Gasteiger partial charge is 0.440 e. The number of halogens is 1. The third-order valence-corrected chi connectivity index (χ3v) is 3.79. The van der Waals surface area contributed by atoms with Gasteiger partial charge in [0.2, 0.25) is 0 Å². The Morgan fingerprint density at radius 1 is 1.29 bits per heavy atom. The van der Waals surface area contributed by atoms with E-state index in [1.165, 1.54) is 12.1 Å². The zero-order valence-corrected chi connectivity index (χ0v) is 12.1. The minimum absolute atomic E-state index is 0.259. The van der Waals surface area contributed by atoms with E-state index in [0.717, 1.165) is 43.1 Å². The SMILES string of the molecule is COCc1nc(C2CCNCC2)oc1-c1ccc(F)cc1. The van der Waals surface area contributed by atoms with Crippen molar-refractivity contribution in [2.24, 2.45) is 0 Å². The van der Waals surface area contributed by atoms with Crippen molar-refractivity contribution in [2.75, 3.05) is 20.2 Å². The lowest BCUT2D eigenvalue weighted by Gasteiger charge is -2.19. The zero-order valence-electron chi connectivity index (χ0n) is 12.1. The van der Waals surface area contributed by atoms with E-state index >= 15 is 0 Å². The summed E-state index contributed by atoms with van der Waals surface area (Å²) in [5.74, 6) is 1.54. The van der Waals surface area contributed by atoms with Crippen molar-refractivity contribution in [1.29, 1.82) is 0 Å². The third kappa shape index (κ3) is 3.14. The predicted octanol–water partition coefficient (Wildman–Crippen LogP) is 3.09. The van der Waals surface area contributed by atoms with Crippen LogP contribution in [-0.2, 0) is 11.3 Å². The Morgan fingerprint density at radius 3 is 2.67 bits per heavy atom. The average molecular weight is 290 g/mol. The molecule has 0 spiro atoms. The van der Waals surface area contributed by atoms with E-state index in [1.807, 2.05) is 0 Å². The van der Waals surface area contributed by atoms with Crippen LogP contribution in [0.1, 0.15) is 30.3 Å². The van der Waals surface area contributed by atoms with Gasteiger partial charge in [0.25, 0.3) is 0 Å². The minimum Gasteiger partial charge on any atom is -0.440 e. The monoisotopic (exact) mass is 290 g/mol. The van der Waals surface area contributed by atoms with Gasteiger partial charge in [0.1, 0.15) is 11.5 Å². The second-order valence-electron chi connectivity index (χ2n) is 5.29. The topological polar surface area (TPSA) is 47.3 Å². The molecule has 0 bridgehead atoms. The lowest BCUT2D eigenvalue weighted by molar-refractivity contribution is 0.182. The van der Waals surface area contributed by atoms with Crippen LogP contribution in [0.2, 0.25) is 0 Å². The van der Waals surface area contributed by atoms with Gasteiger partial charge >= 0.3 is 0 Å². The van der Waals surface area contributed by atoms with Gasteiger partial charge in [-0.3, -0.25) is 0 Å². The smallest absolute Gasteiger partial charge is 0.198 e. The summed E-state index contributed by atoms with van der Waals surface area (Å²) in [6.45, 7) is 2.36. The highest BCUT2D eigenvalue weighted by Crippen LogP contribution is 2.32. The normalized spacial score (nSPS) is 16.3. The van der Waals surface area contributed by atoms with Crippen molar-refractivity contribution in [3.63, 3.8) is 0 Å². The van der Waals surface area contributed by atoms with E-state index in [-0.39, 0.29) is 5.82 Å². The number of piperidine rings is 1. The fraction of sp³-hybridized carbons (Fsp3) is 0.438. The van der Waals surface area contributed by atoms with Crippen LogP contribution in [0.5, 0.6) is 0 Å². The zero-order chi connectivity index (χ0) is 14.7. The summed E-state index contributed by atoms with van der Waals surface area (Å²) < 4.78 is 24.3. The Bertz CT molecular complexity index is 589. The van der Waals surface area contributed by atoms with Crippen LogP contribution in [-0.4, -0.2) is 25.2 Å². The highest BCUT2D eigenvalue weighted by molar-refractivity contribution is 5.59. The molecule has 4 nitrogen and oxygen atoms in total. The second-order valence-corrected chi connectivity index (χ2v) is 5.29. The Balaban J connectivity index is 1.93. The second kappa shape index (κ2) is 6.37. The van der Waals surface area contributed by atoms with E-state index < -0.39 is 0 Å². The summed E-state index contributed by atoms with van der Waals surface area (Å²) in [5, 5.41) is 3.33. The highest BCUT2D eigenvalue weighted by atomic mass is 19.1. The van der Waals surface area contributed by atoms with Gasteiger partial charge in [-0.25, -0.2) is 9.37 Å². The number of hydrogen-bond acceptors (Lipinski definition) is 4. The molecule has 0 amide bonds. The summed E-state index contributed by atoms with van der Waals surface area (Å²) in [5.41, 5.74) is 1.61. The fourth-order valence-corrected chi connectivity index (χ4v) is 2.67. The van der Waals surface area contributed by atoms with E-state index in [2.05, 4.69) is 10.3 Å². The van der Waals surface area contributed by atoms with Crippen LogP contribution in [0.3, 0.4) is 0 Å². The van der Waals surface area contributed by atoms with Gasteiger partial charge in [-0.2, -0.15) is 0 Å². The maximum atomic E-state index is 13.1. The van der Waals surface area contributed by atoms with Gasteiger partial charge < -0.3 is 14.5 Å². The molecule has 0 aliphatic carbocycles. The van der Waals surface area contributed by atoms with Crippen LogP contribution >= 0.6 is 0 Å². The first-order valence-electron chi connectivity index (χ1n) is 7.23. The van der Waals surface area contributed by atoms with Crippen molar-refractivity contribution < 1.29 is 13.5 Å². The van der Waals surface area contributed by atoms with Crippen molar-refractivity contribution in [2.45, 2.75) is 25.4 Å². The molecule has 5 heteroatoms. The molecule has 112 valence electrons. The number of rotatable bonds is 4. The molecule has 3 rings (SSSR count). The van der Waals surface area contributed by atoms with E-state index in [1.54, 1.807) is 19.2 Å². The quantitative estimate of drug-likeness (QED) is 0.940. The first-order chi connectivity index (χ1) is 10.3. The molecule has 2 aromatic rings. The molecule has 0 saturated carbocycles. The lowest BCUT2D eigenvalue weighted by atomic mass is 9.98. The lowest BCUT2D eigenvalue weighted by Crippen LogP contribution is -2.26. The van der Waals surface area contributed by atoms with Crippen LogP contribution < -0.4 is 5.32 Å². The Kier molecular flexibility index (Phi) is 4.31. The molecule has 0 unspecified atom stereocenters. The summed E-state index contributed by atoms with van der Waals surface area (Å²) in [7, 11) is 1.63. The van der Waals surface area contributed by atoms with E-state index in [0.29, 0.717) is 18.3 Å². The number of oxazole rings is 1. The predicted molar refractivity (Wildman–Crippen MR) is 77.5 cm³/mol. The van der Waals surface area contributed by atoms with Gasteiger partial charge in [-0.15, -0.1) is 0 Å². The van der Waals surface area contributed by atoms with Crippen LogP contribution in [0.15, 0.2) is 28.7 Å². The van der Waals surface area contributed by atoms with Gasteiger partial charge in [-0.05, 0) is 50.2 Å². The molecule has 1 N–H and O–H groups in total. The highest BCUT2D eigenvalue weighted by Gasteiger charge is 2.23. The fourth-order valence-electron chi connectivity index (χ4n) is 2.67. The number of methoxy groups -OCH3 is 1. The molecule has 0 radical (unpaired) electrons. The summed E-state index contributed by atoms with van der Waals surface area (Å²) >= 11 is 0. The first-order valence-corrected chi connectivity index (χ1v) is 7.23. The number of nitrogens with zero attached hydrogens (tertiary/aromatic N) is 1. The Hall–Kier alpha value is -1.72. The van der Waals surface area contributed by atoms with E-state index in [9.17, 15) is 4.39 Å². The third-order valence-electron chi connectivity index (χ3n) is 3.79. The average Bonchev–Trinajstić information content (AvgIpc) is 2.93. The molecule has 1 saturated heterocycles. The summed E-state index contributed by atoms with van der Waals surface area (Å²) in [6.07, 6.45) is 2.05. The summed E-state index contributed by atoms with van der Waals surface area (Å²) in [4.78, 5) is 4.61. The number of ether oxygens (including phenoxy) is 1. The van der Waals surface area contributed by atoms with Crippen LogP contribution in [0, 0.1) is 5.82 Å². The van der Waals surface area contributed by atoms with Crippen molar-refractivity contribution in [3.05, 3.63) is 41.7 Å². The molecule has 1 fully saturated rings. The molecule has 0 atom stereocenters. The molecule has 1 aromatic carbocycles. The van der Waals surface area contributed by atoms with Crippen LogP contribution in [0.4, 0.5) is 4.39 Å². The first kappa shape index (κ1) is 14.2. The molecule has 21 heavy (non-hydrogen) atoms. The molecule has 1 aliphatic rings. The van der Waals surface area contributed by atoms with Crippen molar-refractivity contribution in [1.82, 2.24) is 10.3 Å². The Morgan fingerprint density at radius 2 is 2.00 bits per heavy atom. The number of aromatic nitrogens is 1. The van der Waals surface area contributed by atoms with Gasteiger partial charge in [0, 0.05) is 18.6 Å². The number of hydrogen-bond donors (Lipinski definition) is 1.